The Hall–Kier alpha value is -2.16. The van der Waals surface area contributed by atoms with Gasteiger partial charge in [0.1, 0.15) is 10.8 Å². The summed E-state index contributed by atoms with van der Waals surface area (Å²) in [5, 5.41) is 4.31. The van der Waals surface area contributed by atoms with Gasteiger partial charge < -0.3 is 10.1 Å². The Balaban J connectivity index is 1.75. The third-order valence-corrected chi connectivity index (χ3v) is 6.14. The summed E-state index contributed by atoms with van der Waals surface area (Å²) in [5.74, 6) is 0.178. The van der Waals surface area contributed by atoms with Gasteiger partial charge >= 0.3 is 0 Å². The maximum absolute atomic E-state index is 12.9. The van der Waals surface area contributed by atoms with Crippen molar-refractivity contribution in [1.82, 2.24) is 4.98 Å². The standard InChI is InChI=1S/C21H14ClIN2O2S/c1-27-18-9-6-12(22)10-15(18)20(26)24-16-8-7-13(23)11-14(16)21-25-17-4-2-3-5-19(17)28-21/h2-11H,1H3,(H,24,26). The van der Waals surface area contributed by atoms with Crippen molar-refractivity contribution in [3.63, 3.8) is 0 Å². The molecule has 7 heteroatoms. The zero-order valence-electron chi connectivity index (χ0n) is 14.7. The van der Waals surface area contributed by atoms with Crippen LogP contribution in [0.1, 0.15) is 10.4 Å². The molecule has 4 nitrogen and oxygen atoms in total. The lowest BCUT2D eigenvalue weighted by molar-refractivity contribution is 0.102. The largest absolute Gasteiger partial charge is 0.496 e. The lowest BCUT2D eigenvalue weighted by Gasteiger charge is -2.12. The minimum atomic E-state index is -0.289. The van der Waals surface area contributed by atoms with Crippen LogP contribution in [0.25, 0.3) is 20.8 Å². The number of nitrogens with one attached hydrogen (secondary N) is 1. The summed E-state index contributed by atoms with van der Waals surface area (Å²) in [6, 6.07) is 18.8. The normalized spacial score (nSPS) is 10.8. The molecule has 0 atom stereocenters. The zero-order valence-corrected chi connectivity index (χ0v) is 18.4. The Bertz CT molecular complexity index is 1160. The van der Waals surface area contributed by atoms with E-state index in [9.17, 15) is 4.79 Å². The molecule has 0 fully saturated rings. The van der Waals surface area contributed by atoms with Crippen molar-refractivity contribution < 1.29 is 9.53 Å². The van der Waals surface area contributed by atoms with E-state index in [-0.39, 0.29) is 5.91 Å². The third-order valence-electron chi connectivity index (χ3n) is 4.16. The lowest BCUT2D eigenvalue weighted by Crippen LogP contribution is -2.14. The first-order chi connectivity index (χ1) is 13.5. The first kappa shape index (κ1) is 19.2. The highest BCUT2D eigenvalue weighted by atomic mass is 127. The van der Waals surface area contributed by atoms with Crippen molar-refractivity contribution in [3.8, 4) is 16.3 Å². The summed E-state index contributed by atoms with van der Waals surface area (Å²) in [4.78, 5) is 17.6. The van der Waals surface area contributed by atoms with Gasteiger partial charge in [-0.3, -0.25) is 4.79 Å². The predicted molar refractivity (Wildman–Crippen MR) is 124 cm³/mol. The lowest BCUT2D eigenvalue weighted by atomic mass is 10.1. The quantitative estimate of drug-likeness (QED) is 0.313. The van der Waals surface area contributed by atoms with Gasteiger partial charge in [-0.2, -0.15) is 0 Å². The summed E-state index contributed by atoms with van der Waals surface area (Å²) >= 11 is 9.92. The molecule has 1 amide bonds. The van der Waals surface area contributed by atoms with Gasteiger partial charge in [-0.15, -0.1) is 11.3 Å². The van der Waals surface area contributed by atoms with Gasteiger partial charge in [-0.25, -0.2) is 4.98 Å². The van der Waals surface area contributed by atoms with E-state index in [4.69, 9.17) is 21.3 Å². The van der Waals surface area contributed by atoms with Crippen LogP contribution < -0.4 is 10.1 Å². The van der Waals surface area contributed by atoms with E-state index in [1.54, 1.807) is 29.5 Å². The fourth-order valence-corrected chi connectivity index (χ4v) is 4.50. The van der Waals surface area contributed by atoms with Crippen molar-refractivity contribution in [2.24, 2.45) is 0 Å². The van der Waals surface area contributed by atoms with Gasteiger partial charge in [-0.1, -0.05) is 23.7 Å². The minimum Gasteiger partial charge on any atom is -0.496 e. The van der Waals surface area contributed by atoms with Crippen molar-refractivity contribution in [1.29, 1.82) is 0 Å². The van der Waals surface area contributed by atoms with E-state index in [0.29, 0.717) is 22.0 Å². The Labute approximate surface area is 184 Å². The minimum absolute atomic E-state index is 0.289. The molecular formula is C21H14ClIN2O2S. The highest BCUT2D eigenvalue weighted by Gasteiger charge is 2.17. The second-order valence-corrected chi connectivity index (χ2v) is 8.69. The smallest absolute Gasteiger partial charge is 0.259 e. The van der Waals surface area contributed by atoms with Crippen LogP contribution in [-0.2, 0) is 0 Å². The maximum Gasteiger partial charge on any atom is 0.259 e. The molecule has 0 aliphatic heterocycles. The summed E-state index contributed by atoms with van der Waals surface area (Å²) in [6.07, 6.45) is 0. The first-order valence-corrected chi connectivity index (χ1v) is 10.6. The second kappa shape index (κ2) is 8.06. The Morgan fingerprint density at radius 1 is 1.14 bits per heavy atom. The predicted octanol–water partition coefficient (Wildman–Crippen LogP) is 6.48. The number of aromatic nitrogens is 1. The molecule has 28 heavy (non-hydrogen) atoms. The second-order valence-electron chi connectivity index (χ2n) is 5.98. The molecule has 0 bridgehead atoms. The number of para-hydroxylation sites is 1. The molecule has 1 N–H and O–H groups in total. The fraction of sp³-hybridized carbons (Fsp3) is 0.0476. The molecule has 1 aromatic heterocycles. The highest BCUT2D eigenvalue weighted by Crippen LogP contribution is 2.36. The van der Waals surface area contributed by atoms with Gasteiger partial charge in [0.2, 0.25) is 0 Å². The molecule has 3 aromatic carbocycles. The van der Waals surface area contributed by atoms with Crippen molar-refractivity contribution in [2.45, 2.75) is 0 Å². The van der Waals surface area contributed by atoms with Crippen LogP contribution in [0.3, 0.4) is 0 Å². The summed E-state index contributed by atoms with van der Waals surface area (Å²) in [6.45, 7) is 0. The Morgan fingerprint density at radius 3 is 2.75 bits per heavy atom. The molecular weight excluding hydrogens is 507 g/mol. The molecule has 1 heterocycles. The average Bonchev–Trinajstić information content (AvgIpc) is 3.13. The van der Waals surface area contributed by atoms with Crippen LogP contribution in [0, 0.1) is 3.57 Å². The molecule has 0 saturated heterocycles. The van der Waals surface area contributed by atoms with E-state index < -0.39 is 0 Å². The molecule has 0 aliphatic rings. The monoisotopic (exact) mass is 520 g/mol. The molecule has 4 rings (SSSR count). The summed E-state index contributed by atoms with van der Waals surface area (Å²) in [7, 11) is 1.53. The molecule has 0 aliphatic carbocycles. The number of anilines is 1. The van der Waals surface area contributed by atoms with Crippen molar-refractivity contribution in [2.75, 3.05) is 12.4 Å². The molecule has 0 unspecified atom stereocenters. The van der Waals surface area contributed by atoms with Gasteiger partial charge in [-0.05, 0) is 71.1 Å². The molecule has 0 spiro atoms. The van der Waals surface area contributed by atoms with E-state index in [0.717, 1.165) is 24.4 Å². The zero-order chi connectivity index (χ0) is 19.7. The third kappa shape index (κ3) is 3.85. The number of hydrogen-bond acceptors (Lipinski definition) is 4. The number of rotatable bonds is 4. The fourth-order valence-electron chi connectivity index (χ4n) is 2.84. The number of methoxy groups -OCH3 is 1. The topological polar surface area (TPSA) is 51.2 Å². The van der Waals surface area contributed by atoms with Crippen LogP contribution in [0.15, 0.2) is 60.7 Å². The van der Waals surface area contributed by atoms with Crippen LogP contribution in [0.5, 0.6) is 5.75 Å². The van der Waals surface area contributed by atoms with Crippen LogP contribution >= 0.6 is 45.5 Å². The van der Waals surface area contributed by atoms with E-state index in [2.05, 4.69) is 27.9 Å². The number of thiazole rings is 1. The molecule has 140 valence electrons. The summed E-state index contributed by atoms with van der Waals surface area (Å²) < 4.78 is 7.46. The van der Waals surface area contributed by atoms with E-state index >= 15 is 0 Å². The van der Waals surface area contributed by atoms with Crippen LogP contribution in [-0.4, -0.2) is 18.0 Å². The van der Waals surface area contributed by atoms with Crippen molar-refractivity contribution >= 4 is 67.3 Å². The highest BCUT2D eigenvalue weighted by molar-refractivity contribution is 14.1. The number of benzene rings is 3. The number of fused-ring (bicyclic) bond motifs is 1. The Morgan fingerprint density at radius 2 is 1.96 bits per heavy atom. The first-order valence-electron chi connectivity index (χ1n) is 8.35. The van der Waals surface area contributed by atoms with Gasteiger partial charge in [0, 0.05) is 14.2 Å². The summed E-state index contributed by atoms with van der Waals surface area (Å²) in [5.41, 5.74) is 2.88. The van der Waals surface area contributed by atoms with E-state index in [1.165, 1.54) is 7.11 Å². The number of carbonyl (C=O) groups excluding carboxylic acids is 1. The number of amides is 1. The van der Waals surface area contributed by atoms with Crippen LogP contribution in [0.2, 0.25) is 5.02 Å². The number of nitrogens with zero attached hydrogens (tertiary/aromatic N) is 1. The van der Waals surface area contributed by atoms with Crippen molar-refractivity contribution in [3.05, 3.63) is 74.8 Å². The number of hydrogen-bond donors (Lipinski definition) is 1. The van der Waals surface area contributed by atoms with E-state index in [1.807, 2.05) is 42.5 Å². The number of ether oxygens (including phenoxy) is 1. The van der Waals surface area contributed by atoms with Gasteiger partial charge in [0.15, 0.2) is 0 Å². The molecule has 0 radical (unpaired) electrons. The maximum atomic E-state index is 12.9. The average molecular weight is 521 g/mol. The van der Waals surface area contributed by atoms with Crippen LogP contribution in [0.4, 0.5) is 5.69 Å². The molecule has 0 saturated carbocycles. The van der Waals surface area contributed by atoms with Gasteiger partial charge in [0.25, 0.3) is 5.91 Å². The number of carbonyl (C=O) groups is 1. The van der Waals surface area contributed by atoms with Gasteiger partial charge in [0.05, 0.1) is 28.6 Å². The molecule has 4 aromatic rings. The SMILES string of the molecule is COc1ccc(Cl)cc1C(=O)Nc1ccc(I)cc1-c1nc2ccccc2s1. The Kier molecular flexibility index (Phi) is 5.52. The number of halogens is 2.